The lowest BCUT2D eigenvalue weighted by atomic mass is 9.83. The summed E-state index contributed by atoms with van der Waals surface area (Å²) in [4.78, 5) is 25.9. The number of ketones is 1. The van der Waals surface area contributed by atoms with Gasteiger partial charge in [0.25, 0.3) is 0 Å². The Kier molecular flexibility index (Phi) is 3.13. The highest BCUT2D eigenvalue weighted by atomic mass is 16.2. The average molecular weight is 257 g/mol. The predicted octanol–water partition coefficient (Wildman–Crippen LogP) is 2.97. The van der Waals surface area contributed by atoms with Gasteiger partial charge in [0, 0.05) is 23.7 Å². The van der Waals surface area contributed by atoms with E-state index in [9.17, 15) is 9.59 Å². The van der Waals surface area contributed by atoms with Gasteiger partial charge in [-0.1, -0.05) is 18.6 Å². The average Bonchev–Trinajstić information content (AvgIpc) is 2.35. The Morgan fingerprint density at radius 2 is 2.00 bits per heavy atom. The third kappa shape index (κ3) is 2.18. The molecule has 1 amide bonds. The van der Waals surface area contributed by atoms with Crippen molar-refractivity contribution in [2.24, 2.45) is 5.92 Å². The van der Waals surface area contributed by atoms with E-state index in [0.29, 0.717) is 5.56 Å². The number of fused-ring (bicyclic) bond motifs is 1. The minimum atomic E-state index is 0.0596. The number of nitrogens with zero attached hydrogens (tertiary/aromatic N) is 1. The van der Waals surface area contributed by atoms with Crippen molar-refractivity contribution >= 4 is 17.4 Å². The van der Waals surface area contributed by atoms with Crippen LogP contribution in [0.2, 0.25) is 0 Å². The summed E-state index contributed by atoms with van der Waals surface area (Å²) < 4.78 is 0. The molecule has 1 aliphatic heterocycles. The van der Waals surface area contributed by atoms with Crippen LogP contribution in [0.5, 0.6) is 0 Å². The van der Waals surface area contributed by atoms with Crippen molar-refractivity contribution in [1.29, 1.82) is 0 Å². The fourth-order valence-electron chi connectivity index (χ4n) is 2.90. The summed E-state index contributed by atoms with van der Waals surface area (Å²) in [6.07, 6.45) is 5.24. The van der Waals surface area contributed by atoms with E-state index in [4.69, 9.17) is 0 Å². The van der Waals surface area contributed by atoms with Crippen molar-refractivity contribution < 1.29 is 9.59 Å². The Morgan fingerprint density at radius 1 is 1.21 bits per heavy atom. The summed E-state index contributed by atoms with van der Waals surface area (Å²) in [6.45, 7) is 2.37. The van der Waals surface area contributed by atoms with Crippen LogP contribution >= 0.6 is 0 Å². The van der Waals surface area contributed by atoms with E-state index in [1.54, 1.807) is 6.92 Å². The number of carbonyl (C=O) groups is 2. The van der Waals surface area contributed by atoms with E-state index in [1.807, 2.05) is 23.1 Å². The van der Waals surface area contributed by atoms with Crippen molar-refractivity contribution in [3.63, 3.8) is 0 Å². The molecule has 1 aromatic rings. The van der Waals surface area contributed by atoms with Crippen molar-refractivity contribution in [2.45, 2.75) is 39.0 Å². The summed E-state index contributed by atoms with van der Waals surface area (Å²) in [6, 6.07) is 5.78. The molecule has 0 spiro atoms. The maximum Gasteiger partial charge on any atom is 0.230 e. The van der Waals surface area contributed by atoms with Crippen LogP contribution in [0, 0.1) is 5.92 Å². The van der Waals surface area contributed by atoms with Crippen LogP contribution in [0.3, 0.4) is 0 Å². The maximum absolute atomic E-state index is 12.5. The molecule has 0 atom stereocenters. The fraction of sp³-hybridized carbons (Fsp3) is 0.500. The van der Waals surface area contributed by atoms with Gasteiger partial charge < -0.3 is 4.90 Å². The highest BCUT2D eigenvalue weighted by Crippen LogP contribution is 2.34. The number of rotatable bonds is 2. The molecule has 0 aromatic heterocycles. The largest absolute Gasteiger partial charge is 0.312 e. The molecule has 0 radical (unpaired) electrons. The lowest BCUT2D eigenvalue weighted by molar-refractivity contribution is -0.124. The van der Waals surface area contributed by atoms with Gasteiger partial charge in [-0.25, -0.2) is 0 Å². The molecule has 0 bridgehead atoms. The Hall–Kier alpha value is -1.64. The van der Waals surface area contributed by atoms with E-state index in [-0.39, 0.29) is 17.6 Å². The topological polar surface area (TPSA) is 37.4 Å². The SMILES string of the molecule is CC(=O)c1ccc2c(c1)N(C(=O)C1CCC1)CCC2. The number of aryl methyl sites for hydroxylation is 1. The number of Topliss-reactive ketones (excluding diaryl/α,β-unsaturated/α-hetero) is 1. The van der Waals surface area contributed by atoms with Gasteiger partial charge in [-0.3, -0.25) is 9.59 Å². The van der Waals surface area contributed by atoms with Crippen molar-refractivity contribution in [3.8, 4) is 0 Å². The molecule has 1 heterocycles. The van der Waals surface area contributed by atoms with Crippen molar-refractivity contribution in [2.75, 3.05) is 11.4 Å². The summed E-state index contributed by atoms with van der Waals surface area (Å²) in [5.41, 5.74) is 2.87. The molecular weight excluding hydrogens is 238 g/mol. The van der Waals surface area contributed by atoms with Gasteiger partial charge in [-0.05, 0) is 44.2 Å². The summed E-state index contributed by atoms with van der Waals surface area (Å²) in [5.74, 6) is 0.532. The normalized spacial score (nSPS) is 18.7. The smallest absolute Gasteiger partial charge is 0.230 e. The molecule has 3 nitrogen and oxygen atoms in total. The van der Waals surface area contributed by atoms with Crippen LogP contribution in [0.4, 0.5) is 5.69 Å². The van der Waals surface area contributed by atoms with Gasteiger partial charge in [0.15, 0.2) is 5.78 Å². The van der Waals surface area contributed by atoms with Crippen LogP contribution in [-0.4, -0.2) is 18.2 Å². The first kappa shape index (κ1) is 12.4. The Balaban J connectivity index is 1.95. The highest BCUT2D eigenvalue weighted by Gasteiger charge is 2.32. The summed E-state index contributed by atoms with van der Waals surface area (Å²) >= 11 is 0. The van der Waals surface area contributed by atoms with Gasteiger partial charge in [0.1, 0.15) is 0 Å². The minimum Gasteiger partial charge on any atom is -0.312 e. The molecule has 0 unspecified atom stereocenters. The molecule has 100 valence electrons. The number of hydrogen-bond donors (Lipinski definition) is 0. The summed E-state index contributed by atoms with van der Waals surface area (Å²) in [7, 11) is 0. The molecule has 0 saturated heterocycles. The van der Waals surface area contributed by atoms with Crippen molar-refractivity contribution in [1.82, 2.24) is 0 Å². The lowest BCUT2D eigenvalue weighted by Crippen LogP contribution is -2.41. The van der Waals surface area contributed by atoms with E-state index >= 15 is 0 Å². The maximum atomic E-state index is 12.5. The van der Waals surface area contributed by atoms with Crippen LogP contribution in [0.1, 0.15) is 48.5 Å². The zero-order valence-electron chi connectivity index (χ0n) is 11.3. The first-order valence-electron chi connectivity index (χ1n) is 7.12. The molecule has 2 aliphatic rings. The first-order valence-corrected chi connectivity index (χ1v) is 7.12. The quantitative estimate of drug-likeness (QED) is 0.764. The van der Waals surface area contributed by atoms with Crippen LogP contribution in [0.15, 0.2) is 18.2 Å². The molecule has 19 heavy (non-hydrogen) atoms. The van der Waals surface area contributed by atoms with Crippen LogP contribution in [0.25, 0.3) is 0 Å². The van der Waals surface area contributed by atoms with E-state index in [1.165, 1.54) is 12.0 Å². The summed E-state index contributed by atoms with van der Waals surface area (Å²) in [5, 5.41) is 0. The second-order valence-electron chi connectivity index (χ2n) is 5.62. The van der Waals surface area contributed by atoms with E-state index < -0.39 is 0 Å². The second kappa shape index (κ2) is 4.80. The lowest BCUT2D eigenvalue weighted by Gasteiger charge is -2.35. The van der Waals surface area contributed by atoms with Crippen molar-refractivity contribution in [3.05, 3.63) is 29.3 Å². The second-order valence-corrected chi connectivity index (χ2v) is 5.62. The molecule has 3 rings (SSSR count). The molecule has 1 saturated carbocycles. The molecule has 1 aromatic carbocycles. The zero-order chi connectivity index (χ0) is 13.4. The molecule has 0 N–H and O–H groups in total. The molecule has 1 aliphatic carbocycles. The van der Waals surface area contributed by atoms with Gasteiger partial charge in [0.05, 0.1) is 0 Å². The molecular formula is C16H19NO2. The molecule has 1 fully saturated rings. The van der Waals surface area contributed by atoms with Gasteiger partial charge in [-0.15, -0.1) is 0 Å². The third-order valence-corrected chi connectivity index (χ3v) is 4.33. The number of carbonyl (C=O) groups excluding carboxylic acids is 2. The van der Waals surface area contributed by atoms with Gasteiger partial charge in [-0.2, -0.15) is 0 Å². The van der Waals surface area contributed by atoms with E-state index in [2.05, 4.69) is 0 Å². The van der Waals surface area contributed by atoms with Gasteiger partial charge in [0.2, 0.25) is 5.91 Å². The zero-order valence-corrected chi connectivity index (χ0v) is 11.3. The Labute approximate surface area is 113 Å². The van der Waals surface area contributed by atoms with Crippen LogP contribution in [-0.2, 0) is 11.2 Å². The first-order chi connectivity index (χ1) is 9.16. The number of anilines is 1. The third-order valence-electron chi connectivity index (χ3n) is 4.33. The molecule has 3 heteroatoms. The van der Waals surface area contributed by atoms with E-state index in [0.717, 1.165) is 37.9 Å². The number of amides is 1. The highest BCUT2D eigenvalue weighted by molar-refractivity contribution is 6.00. The predicted molar refractivity (Wildman–Crippen MR) is 74.5 cm³/mol. The number of benzene rings is 1. The Bertz CT molecular complexity index is 532. The monoisotopic (exact) mass is 257 g/mol. The Morgan fingerprint density at radius 3 is 2.63 bits per heavy atom. The van der Waals surface area contributed by atoms with Gasteiger partial charge >= 0.3 is 0 Å². The standard InChI is InChI=1S/C16H19NO2/c1-11(18)14-8-7-12-6-3-9-17(15(12)10-14)16(19)13-4-2-5-13/h7-8,10,13H,2-6,9H2,1H3. The van der Waals surface area contributed by atoms with Crippen LogP contribution < -0.4 is 4.90 Å². The number of hydrogen-bond acceptors (Lipinski definition) is 2. The fourth-order valence-corrected chi connectivity index (χ4v) is 2.90. The minimum absolute atomic E-state index is 0.0596.